The van der Waals surface area contributed by atoms with Crippen LogP contribution in [-0.2, 0) is 46.0 Å². The first-order valence-corrected chi connectivity index (χ1v) is 15.7. The molecule has 0 aliphatic carbocycles. The van der Waals surface area contributed by atoms with Crippen molar-refractivity contribution < 1.29 is 34.2 Å². The average Bonchev–Trinajstić information content (AvgIpc) is 3.46. The van der Waals surface area contributed by atoms with E-state index in [-0.39, 0.29) is 36.3 Å². The van der Waals surface area contributed by atoms with Gasteiger partial charge in [0.25, 0.3) is 11.5 Å². The summed E-state index contributed by atoms with van der Waals surface area (Å²) in [6.45, 7) is 5.11. The van der Waals surface area contributed by atoms with Crippen molar-refractivity contribution in [3.05, 3.63) is 98.3 Å². The first kappa shape index (κ1) is 32.6. The third-order valence-electron chi connectivity index (χ3n) is 8.73. The van der Waals surface area contributed by atoms with Crippen molar-refractivity contribution in [1.29, 1.82) is 0 Å². The molecule has 2 aromatic heterocycles. The van der Waals surface area contributed by atoms with Gasteiger partial charge in [-0.15, -0.1) is 0 Å². The van der Waals surface area contributed by atoms with Crippen LogP contribution in [0.15, 0.2) is 59.4 Å². The third-order valence-corrected chi connectivity index (χ3v) is 8.73. The van der Waals surface area contributed by atoms with Gasteiger partial charge in [-0.1, -0.05) is 38.1 Å². The second kappa shape index (κ2) is 13.4. The van der Waals surface area contributed by atoms with Gasteiger partial charge in [0.1, 0.15) is 12.4 Å². The molecule has 6 rings (SSSR count). The Bertz CT molecular complexity index is 2020. The molecule has 0 bridgehead atoms. The Morgan fingerprint density at radius 2 is 1.90 bits per heavy atom. The van der Waals surface area contributed by atoms with Crippen LogP contribution in [0.3, 0.4) is 0 Å². The second-order valence-corrected chi connectivity index (χ2v) is 11.6. The summed E-state index contributed by atoms with van der Waals surface area (Å²) in [6, 6.07) is 14.6. The van der Waals surface area contributed by atoms with Crippen molar-refractivity contribution in [3.8, 4) is 17.1 Å². The number of hydroxylamine groups is 1. The highest BCUT2D eigenvalue weighted by Crippen LogP contribution is 2.39. The van der Waals surface area contributed by atoms with Crippen molar-refractivity contribution in [3.63, 3.8) is 0 Å². The molecule has 0 fully saturated rings. The molecule has 2 aromatic carbocycles. The Balaban J connectivity index is 1.11. The van der Waals surface area contributed by atoms with Crippen molar-refractivity contribution in [2.45, 2.75) is 52.0 Å². The molecule has 0 saturated heterocycles. The third kappa shape index (κ3) is 6.06. The molecule has 2 amide bonds. The van der Waals surface area contributed by atoms with E-state index in [4.69, 9.17) is 19.7 Å². The molecular formula is C35H35N5O8. The molecule has 0 spiro atoms. The molecule has 0 unspecified atom stereocenters. The lowest BCUT2D eigenvalue weighted by atomic mass is 9.86. The number of nitrogens with zero attached hydrogens (tertiary/aromatic N) is 2. The van der Waals surface area contributed by atoms with Crippen LogP contribution in [0.4, 0.5) is 4.79 Å². The van der Waals surface area contributed by atoms with Gasteiger partial charge < -0.3 is 29.8 Å². The minimum Gasteiger partial charge on any atom is -0.458 e. The molecule has 5 N–H and O–H groups in total. The second-order valence-electron chi connectivity index (χ2n) is 11.6. The summed E-state index contributed by atoms with van der Waals surface area (Å²) in [7, 11) is 0. The first-order valence-electron chi connectivity index (χ1n) is 15.7. The van der Waals surface area contributed by atoms with Crippen molar-refractivity contribution in [2.75, 3.05) is 13.1 Å². The van der Waals surface area contributed by atoms with Crippen LogP contribution < -0.4 is 26.4 Å². The largest absolute Gasteiger partial charge is 0.458 e. The lowest BCUT2D eigenvalue weighted by molar-refractivity contribution is -0.172. The van der Waals surface area contributed by atoms with E-state index in [2.05, 4.69) is 10.6 Å². The van der Waals surface area contributed by atoms with Gasteiger partial charge in [-0.05, 0) is 54.3 Å². The number of fused-ring (bicyclic) bond motifs is 5. The van der Waals surface area contributed by atoms with Gasteiger partial charge in [-0.2, -0.15) is 0 Å². The summed E-state index contributed by atoms with van der Waals surface area (Å²) in [6.07, 6.45) is 2.86. The van der Waals surface area contributed by atoms with Crippen LogP contribution in [0.2, 0.25) is 0 Å². The van der Waals surface area contributed by atoms with Gasteiger partial charge in [0.2, 0.25) is 0 Å². The number of rotatable bonds is 10. The fourth-order valence-corrected chi connectivity index (χ4v) is 6.13. The van der Waals surface area contributed by atoms with E-state index < -0.39 is 23.6 Å². The number of amides is 2. The van der Waals surface area contributed by atoms with Crippen molar-refractivity contribution in [2.24, 2.45) is 0 Å². The average molecular weight is 654 g/mol. The number of nitrogens with one attached hydrogen (secondary N) is 3. The minimum atomic E-state index is -1.89. The molecule has 4 heterocycles. The molecule has 0 saturated carbocycles. The zero-order chi connectivity index (χ0) is 34.0. The number of aromatic nitrogens is 2. The minimum absolute atomic E-state index is 0.0663. The zero-order valence-electron chi connectivity index (χ0n) is 26.5. The quantitative estimate of drug-likeness (QED) is 0.0494. The number of carbonyl (C=O) groups excluding carboxylic acids is 3. The predicted molar refractivity (Wildman–Crippen MR) is 175 cm³/mol. The van der Waals surface area contributed by atoms with Gasteiger partial charge in [-0.25, -0.2) is 20.1 Å². The summed E-state index contributed by atoms with van der Waals surface area (Å²) < 4.78 is 12.4. The number of aliphatic hydroxyl groups is 1. The van der Waals surface area contributed by atoms with Gasteiger partial charge in [0.15, 0.2) is 5.60 Å². The first-order chi connectivity index (χ1) is 23.2. The number of ether oxygens (including phenoxy) is 2. The van der Waals surface area contributed by atoms with Gasteiger partial charge >= 0.3 is 12.1 Å². The van der Waals surface area contributed by atoms with Crippen LogP contribution >= 0.6 is 0 Å². The Morgan fingerprint density at radius 1 is 1.10 bits per heavy atom. The van der Waals surface area contributed by atoms with E-state index in [1.165, 1.54) is 6.08 Å². The molecule has 4 aromatic rings. The normalized spacial score (nSPS) is 16.3. The van der Waals surface area contributed by atoms with Crippen LogP contribution in [0, 0.1) is 0 Å². The van der Waals surface area contributed by atoms with Gasteiger partial charge in [0, 0.05) is 47.8 Å². The summed E-state index contributed by atoms with van der Waals surface area (Å²) in [5, 5.41) is 26.5. The molecule has 248 valence electrons. The Labute approximate surface area is 275 Å². The monoisotopic (exact) mass is 653 g/mol. The van der Waals surface area contributed by atoms with Crippen LogP contribution in [0.1, 0.15) is 53.6 Å². The highest BCUT2D eigenvalue weighted by atomic mass is 16.6. The fourth-order valence-electron chi connectivity index (χ4n) is 6.13. The van der Waals surface area contributed by atoms with E-state index in [1.807, 2.05) is 37.3 Å². The Morgan fingerprint density at radius 3 is 2.62 bits per heavy atom. The van der Waals surface area contributed by atoms with E-state index >= 15 is 0 Å². The topological polar surface area (TPSA) is 181 Å². The van der Waals surface area contributed by atoms with E-state index in [0.717, 1.165) is 27.6 Å². The maximum atomic E-state index is 13.5. The van der Waals surface area contributed by atoms with Gasteiger partial charge in [-0.3, -0.25) is 14.8 Å². The molecule has 0 radical (unpaired) electrons. The Hall–Kier alpha value is -5.37. The number of hydrogen-bond acceptors (Lipinski definition) is 10. The molecular weight excluding hydrogens is 618 g/mol. The maximum absolute atomic E-state index is 13.5. The van der Waals surface area contributed by atoms with Crippen LogP contribution in [-0.4, -0.2) is 50.9 Å². The summed E-state index contributed by atoms with van der Waals surface area (Å²) >= 11 is 0. The molecule has 2 aliphatic rings. The fraction of sp³-hybridized carbons (Fsp3) is 0.286. The number of hydrogen-bond donors (Lipinski definition) is 5. The van der Waals surface area contributed by atoms with Crippen molar-refractivity contribution >= 4 is 34.9 Å². The lowest BCUT2D eigenvalue weighted by Gasteiger charge is -2.31. The number of aryl methyl sites for hydroxylation is 1. The maximum Gasteiger partial charge on any atom is 0.412 e. The van der Waals surface area contributed by atoms with E-state index in [0.29, 0.717) is 48.7 Å². The summed E-state index contributed by atoms with van der Waals surface area (Å²) in [4.78, 5) is 54.6. The highest BCUT2D eigenvalue weighted by molar-refractivity contribution is 5.91. The number of benzene rings is 2. The van der Waals surface area contributed by atoms with Crippen LogP contribution in [0.25, 0.3) is 28.4 Å². The summed E-state index contributed by atoms with van der Waals surface area (Å²) in [5.41, 5.74) is 5.07. The SMILES string of the molecule is CCc1c(OC(=O)NCCNCc2ccc(/C=C/C(=O)NO)cc2)ccc2nc3c(cc12)Cn1c-3cc2c(c1=O)COC(=O)[C@]2(O)CC. The molecule has 13 nitrogen and oxygen atoms in total. The molecule has 13 heteroatoms. The highest BCUT2D eigenvalue weighted by Gasteiger charge is 2.45. The molecule has 1 atom stereocenters. The molecule has 2 aliphatic heterocycles. The lowest BCUT2D eigenvalue weighted by Crippen LogP contribution is -2.44. The number of pyridine rings is 2. The number of esters is 1. The van der Waals surface area contributed by atoms with Gasteiger partial charge in [0.05, 0.1) is 29.0 Å². The summed E-state index contributed by atoms with van der Waals surface area (Å²) in [5.74, 6) is -0.959. The Kier molecular flexibility index (Phi) is 9.09. The number of cyclic esters (lactones) is 1. The molecule has 48 heavy (non-hydrogen) atoms. The zero-order valence-corrected chi connectivity index (χ0v) is 26.5. The van der Waals surface area contributed by atoms with Crippen molar-refractivity contribution in [1.82, 2.24) is 25.7 Å². The van der Waals surface area contributed by atoms with Crippen LogP contribution in [0.5, 0.6) is 5.75 Å². The smallest absolute Gasteiger partial charge is 0.412 e. The predicted octanol–water partition coefficient (Wildman–Crippen LogP) is 3.04. The van der Waals surface area contributed by atoms with E-state index in [1.54, 1.807) is 41.2 Å². The number of carbonyl (C=O) groups is 3. The van der Waals surface area contributed by atoms with E-state index in [9.17, 15) is 24.3 Å². The standard InChI is InChI=1S/C35H35N5O8/c1-3-23-24-15-22-18-40-28(16-26-25(32(40)42)19-47-33(43)35(26,45)4-2)31(22)38-27(24)10-11-29(23)48-34(44)37-14-13-36-17-21-7-5-20(6-8-21)9-12-30(41)39-46/h5-12,15-16,36,45-46H,3-4,13-14,17-19H2,1-2H3,(H,37,44)(H,39,41)/b12-9+/t35-/m0/s1.